The van der Waals surface area contributed by atoms with Gasteiger partial charge >= 0.3 is 0 Å². The Hall–Kier alpha value is -12.6. The van der Waals surface area contributed by atoms with Gasteiger partial charge in [-0.15, -0.1) is 0 Å². The van der Waals surface area contributed by atoms with Crippen molar-refractivity contribution >= 4 is 87.2 Å². The van der Waals surface area contributed by atoms with Gasteiger partial charge in [-0.25, -0.2) is 0 Å². The molecule has 0 aliphatic carbocycles. The standard InChI is InChI=1S/C94H68N6/c1-57-25-47-85-77(52-57)73-17-7-11-21-81(73)97(85)68-38-30-63(31-39-68)89-90(64-32-40-69(41-33-64)98-82-22-12-8-18-74(82)78-53-58(2)26-48-86(78)98)92(66-36-44-71(45-37-66)100-84-24-14-10-20-76(84)80-55-60(4)28-50-88(80)100)94(72-46-29-61(5)96-62(72)6)93(67-16-15-51-95-56-67)91(89)65-34-42-70(43-35-65)99-83-23-13-9-19-75(83)79-54-59(3)27-49-87(79)99/h7-56H,1-6H3. The average molecular weight is 1280 g/mol. The summed E-state index contributed by atoms with van der Waals surface area (Å²) in [6.07, 6.45) is 3.95. The Morgan fingerprint density at radius 1 is 0.230 bits per heavy atom. The van der Waals surface area contributed by atoms with Crippen molar-refractivity contribution in [2.75, 3.05) is 0 Å². The van der Waals surface area contributed by atoms with Crippen molar-refractivity contribution in [3.63, 3.8) is 0 Å². The lowest BCUT2D eigenvalue weighted by atomic mass is 9.74. The number of para-hydroxylation sites is 4. The zero-order valence-electron chi connectivity index (χ0n) is 56.6. The molecule has 474 valence electrons. The van der Waals surface area contributed by atoms with Crippen molar-refractivity contribution in [1.82, 2.24) is 28.2 Å². The summed E-state index contributed by atoms with van der Waals surface area (Å²) < 4.78 is 9.72. The van der Waals surface area contributed by atoms with E-state index in [2.05, 4.69) is 357 Å². The van der Waals surface area contributed by atoms with E-state index in [0.29, 0.717) is 0 Å². The predicted octanol–water partition coefficient (Wildman–Crippen LogP) is 24.7. The molecule has 0 fully saturated rings. The maximum atomic E-state index is 5.36. The number of aromatic nitrogens is 6. The molecule has 100 heavy (non-hydrogen) atoms. The average Bonchev–Trinajstić information content (AvgIpc) is 1.11. The van der Waals surface area contributed by atoms with Crippen LogP contribution in [0.2, 0.25) is 0 Å². The Kier molecular flexibility index (Phi) is 13.5. The van der Waals surface area contributed by atoms with Crippen molar-refractivity contribution in [3.8, 4) is 89.5 Å². The van der Waals surface area contributed by atoms with Crippen LogP contribution in [0.5, 0.6) is 0 Å². The number of hydrogen-bond donors (Lipinski definition) is 0. The molecule has 0 aliphatic rings. The van der Waals surface area contributed by atoms with Gasteiger partial charge in [-0.3, -0.25) is 9.97 Å². The molecule has 0 radical (unpaired) electrons. The largest absolute Gasteiger partial charge is 0.309 e. The highest BCUT2D eigenvalue weighted by Crippen LogP contribution is 2.57. The minimum Gasteiger partial charge on any atom is -0.309 e. The zero-order valence-corrected chi connectivity index (χ0v) is 56.6. The van der Waals surface area contributed by atoms with Crippen LogP contribution in [0.4, 0.5) is 0 Å². The van der Waals surface area contributed by atoms with Crippen LogP contribution in [0.3, 0.4) is 0 Å². The van der Waals surface area contributed by atoms with Gasteiger partial charge in [-0.1, -0.05) is 180 Å². The van der Waals surface area contributed by atoms with E-state index in [4.69, 9.17) is 9.97 Å². The lowest BCUT2D eigenvalue weighted by Gasteiger charge is -2.29. The molecule has 0 saturated carbocycles. The molecule has 0 amide bonds. The summed E-state index contributed by atoms with van der Waals surface area (Å²) in [6, 6.07) is 109. The molecule has 0 unspecified atom stereocenters. The van der Waals surface area contributed by atoms with Crippen molar-refractivity contribution in [3.05, 3.63) is 337 Å². The Labute approximate surface area is 580 Å². The third-order valence-corrected chi connectivity index (χ3v) is 20.9. The highest BCUT2D eigenvalue weighted by atomic mass is 15.0. The number of hydrogen-bond acceptors (Lipinski definition) is 2. The van der Waals surface area contributed by atoms with Crippen molar-refractivity contribution < 1.29 is 0 Å². The molecule has 6 nitrogen and oxygen atoms in total. The second-order valence-electron chi connectivity index (χ2n) is 27.3. The minimum absolute atomic E-state index is 0.938. The van der Waals surface area contributed by atoms with Crippen LogP contribution in [0.1, 0.15) is 33.6 Å². The second-order valence-corrected chi connectivity index (χ2v) is 27.3. The Bertz CT molecular complexity index is 6540. The van der Waals surface area contributed by atoms with Crippen LogP contribution < -0.4 is 0 Å². The first kappa shape index (κ1) is 58.7. The lowest BCUT2D eigenvalue weighted by molar-refractivity contribution is 1.13. The van der Waals surface area contributed by atoms with E-state index >= 15 is 0 Å². The molecule has 0 atom stereocenters. The quantitative estimate of drug-likeness (QED) is 0.137. The fourth-order valence-corrected chi connectivity index (χ4v) is 16.5. The molecule has 13 aromatic carbocycles. The van der Waals surface area contributed by atoms with Crippen molar-refractivity contribution in [2.24, 2.45) is 0 Å². The van der Waals surface area contributed by atoms with Crippen LogP contribution in [-0.2, 0) is 0 Å². The third kappa shape index (κ3) is 9.24. The fraction of sp³-hybridized carbons (Fsp3) is 0.0638. The molecule has 0 spiro atoms. The Morgan fingerprint density at radius 2 is 0.520 bits per heavy atom. The van der Waals surface area contributed by atoms with Crippen LogP contribution >= 0.6 is 0 Å². The van der Waals surface area contributed by atoms with Crippen LogP contribution in [0.15, 0.2) is 304 Å². The molecule has 0 saturated heterocycles. The zero-order chi connectivity index (χ0) is 67.0. The van der Waals surface area contributed by atoms with Gasteiger partial charge < -0.3 is 18.3 Å². The molecular formula is C94H68N6. The maximum Gasteiger partial charge on any atom is 0.0541 e. The van der Waals surface area contributed by atoms with Gasteiger partial charge in [0.1, 0.15) is 0 Å². The van der Waals surface area contributed by atoms with Crippen LogP contribution in [0, 0.1) is 41.5 Å². The van der Waals surface area contributed by atoms with Crippen molar-refractivity contribution in [1.29, 1.82) is 0 Å². The first-order valence-corrected chi connectivity index (χ1v) is 34.6. The predicted molar refractivity (Wildman–Crippen MR) is 420 cm³/mol. The fourth-order valence-electron chi connectivity index (χ4n) is 16.5. The lowest BCUT2D eigenvalue weighted by Crippen LogP contribution is -2.04. The highest BCUT2D eigenvalue weighted by Gasteiger charge is 2.31. The van der Waals surface area contributed by atoms with Gasteiger partial charge in [0.25, 0.3) is 0 Å². The summed E-state index contributed by atoms with van der Waals surface area (Å²) in [5, 5.41) is 9.89. The Morgan fingerprint density at radius 3 is 0.820 bits per heavy atom. The summed E-state index contributed by atoms with van der Waals surface area (Å²) in [5.41, 5.74) is 33.4. The number of nitrogens with zero attached hydrogens (tertiary/aromatic N) is 6. The monoisotopic (exact) mass is 1280 g/mol. The van der Waals surface area contributed by atoms with Gasteiger partial charge in [0.2, 0.25) is 0 Å². The first-order valence-electron chi connectivity index (χ1n) is 34.6. The number of pyridine rings is 2. The molecule has 0 aliphatic heterocycles. The minimum atomic E-state index is 0.938. The van der Waals surface area contributed by atoms with Gasteiger partial charge in [-0.05, 0) is 220 Å². The van der Waals surface area contributed by atoms with Gasteiger partial charge in [0.05, 0.1) is 44.1 Å². The van der Waals surface area contributed by atoms with E-state index in [9.17, 15) is 0 Å². The summed E-state index contributed by atoms with van der Waals surface area (Å²) >= 11 is 0. The van der Waals surface area contributed by atoms with Gasteiger partial charge in [0.15, 0.2) is 0 Å². The molecule has 6 heterocycles. The molecule has 19 aromatic rings. The van der Waals surface area contributed by atoms with Gasteiger partial charge in [-0.2, -0.15) is 0 Å². The molecule has 6 aromatic heterocycles. The topological polar surface area (TPSA) is 45.5 Å². The molecule has 0 bridgehead atoms. The Balaban J connectivity index is 0.948. The number of fused-ring (bicyclic) bond motifs is 12. The number of rotatable bonds is 10. The maximum absolute atomic E-state index is 5.36. The first-order chi connectivity index (χ1) is 49.1. The van der Waals surface area contributed by atoms with Crippen molar-refractivity contribution in [2.45, 2.75) is 41.5 Å². The summed E-state index contributed by atoms with van der Waals surface area (Å²) in [5.74, 6) is 0. The number of aryl methyl sites for hydroxylation is 6. The van der Waals surface area contributed by atoms with E-state index in [1.54, 1.807) is 0 Å². The van der Waals surface area contributed by atoms with Gasteiger partial charge in [0, 0.05) is 112 Å². The normalized spacial score (nSPS) is 11.9. The summed E-state index contributed by atoms with van der Waals surface area (Å²) in [6.45, 7) is 13.0. The second kappa shape index (κ2) is 23.0. The molecular weight excluding hydrogens is 1210 g/mol. The van der Waals surface area contributed by atoms with Crippen LogP contribution in [0.25, 0.3) is 177 Å². The van der Waals surface area contributed by atoms with E-state index in [1.165, 1.54) is 109 Å². The van der Waals surface area contributed by atoms with E-state index in [-0.39, 0.29) is 0 Å². The SMILES string of the molecule is Cc1ccc2c(c1)c1ccccc1n2-c1ccc(-c2c(-c3ccc(-n4c5ccccc5c5cc(C)ccc54)cc3)c(-c3ccc(-n4c5ccccc5c5cc(C)ccc54)cc3)c(-c3ccc(C)nc3C)c(-c3cccnc3)c2-c2ccc(-n3c4ccccc4c4cc(C)ccc43)cc2)cc1. The molecule has 19 rings (SSSR count). The summed E-state index contributed by atoms with van der Waals surface area (Å²) in [4.78, 5) is 10.4. The van der Waals surface area contributed by atoms with E-state index < -0.39 is 0 Å². The van der Waals surface area contributed by atoms with Crippen LogP contribution in [-0.4, -0.2) is 28.2 Å². The smallest absolute Gasteiger partial charge is 0.0541 e. The molecule has 0 N–H and O–H groups in total. The van der Waals surface area contributed by atoms with E-state index in [0.717, 1.165) is 101 Å². The van der Waals surface area contributed by atoms with E-state index in [1.807, 2.05) is 6.20 Å². The summed E-state index contributed by atoms with van der Waals surface area (Å²) in [7, 11) is 0. The highest BCUT2D eigenvalue weighted by molar-refractivity contribution is 6.17. The molecule has 6 heteroatoms. The number of benzene rings is 13. The third-order valence-electron chi connectivity index (χ3n) is 20.9.